The number of carbonyl (C=O) groups is 1. The zero-order valence-electron chi connectivity index (χ0n) is 20.5. The van der Waals surface area contributed by atoms with Gasteiger partial charge < -0.3 is 24.7 Å². The fraction of sp³-hybridized carbons (Fsp3) is 0.400. The maximum atomic E-state index is 13.1. The van der Waals surface area contributed by atoms with Crippen molar-refractivity contribution in [1.29, 1.82) is 0 Å². The monoisotopic (exact) mass is 514 g/mol. The molecule has 0 bridgehead atoms. The largest absolute Gasteiger partial charge is 0.507 e. The van der Waals surface area contributed by atoms with Crippen molar-refractivity contribution in [3.63, 3.8) is 0 Å². The van der Waals surface area contributed by atoms with Gasteiger partial charge in [0.15, 0.2) is 5.82 Å². The van der Waals surface area contributed by atoms with Crippen LogP contribution in [0.3, 0.4) is 0 Å². The van der Waals surface area contributed by atoms with E-state index in [1.165, 1.54) is 0 Å². The molecule has 2 aromatic carbocycles. The molecule has 1 saturated heterocycles. The van der Waals surface area contributed by atoms with Crippen molar-refractivity contribution in [3.05, 3.63) is 48.0 Å². The van der Waals surface area contributed by atoms with Crippen molar-refractivity contribution in [1.82, 2.24) is 14.9 Å². The molecule has 1 aromatic heterocycles. The van der Waals surface area contributed by atoms with Crippen molar-refractivity contribution in [2.45, 2.75) is 33.3 Å². The van der Waals surface area contributed by atoms with E-state index >= 15 is 0 Å². The number of fused-ring (bicyclic) bond motifs is 1. The van der Waals surface area contributed by atoms with Gasteiger partial charge in [-0.05, 0) is 49.1 Å². The Balaban J connectivity index is 1.60. The first kappa shape index (κ1) is 26.0. The lowest BCUT2D eigenvalue weighted by Gasteiger charge is -2.37. The summed E-state index contributed by atoms with van der Waals surface area (Å²) in [6.45, 7) is 7.35. The Morgan fingerprint density at radius 2 is 1.78 bits per heavy atom. The predicted octanol–water partition coefficient (Wildman–Crippen LogP) is 3.48. The highest BCUT2D eigenvalue weighted by Gasteiger charge is 2.34. The lowest BCUT2D eigenvalue weighted by Crippen LogP contribution is -2.52. The predicted molar refractivity (Wildman–Crippen MR) is 137 cm³/mol. The first-order valence-electron chi connectivity index (χ1n) is 11.9. The van der Waals surface area contributed by atoms with Gasteiger partial charge >= 0.3 is 7.82 Å². The third-order valence-corrected chi connectivity index (χ3v) is 6.62. The number of aromatic hydroxyl groups is 1. The number of phosphoric ester groups is 1. The van der Waals surface area contributed by atoms with Crippen molar-refractivity contribution in [3.8, 4) is 17.1 Å². The Labute approximate surface area is 209 Å². The Morgan fingerprint density at radius 1 is 1.08 bits per heavy atom. The molecule has 192 valence electrons. The number of para-hydroxylation sites is 1. The summed E-state index contributed by atoms with van der Waals surface area (Å²) < 4.78 is 16.3. The number of nitrogens with zero attached hydrogens (tertiary/aromatic N) is 4. The van der Waals surface area contributed by atoms with E-state index < -0.39 is 19.8 Å². The second-order valence-electron chi connectivity index (χ2n) is 9.44. The average Bonchev–Trinajstić information content (AvgIpc) is 2.81. The smallest absolute Gasteiger partial charge is 0.470 e. The highest BCUT2D eigenvalue weighted by molar-refractivity contribution is 7.46. The number of hydrogen-bond donors (Lipinski definition) is 3. The number of aromatic nitrogens is 2. The van der Waals surface area contributed by atoms with Crippen LogP contribution in [-0.4, -0.2) is 68.0 Å². The number of rotatable bonds is 7. The topological polar surface area (TPSA) is 136 Å². The zero-order chi connectivity index (χ0) is 26.0. The fourth-order valence-electron chi connectivity index (χ4n) is 4.37. The normalized spacial score (nSPS) is 15.5. The standard InChI is InChI=1S/C25H31N4O6P/c1-16(2)14-22(35-36(32,33)34)25(31)29-12-10-28(11-13-29)24-18-9-8-17(3)15-20(18)26-23(27-24)19-6-4-5-7-21(19)30/h4-9,15-16,22,30H,10-14H2,1-3H3,(H2,32,33,34)/t22-/m0/s1. The first-order valence-corrected chi connectivity index (χ1v) is 13.4. The summed E-state index contributed by atoms with van der Waals surface area (Å²) in [7, 11) is -4.81. The summed E-state index contributed by atoms with van der Waals surface area (Å²) in [5, 5.41) is 11.2. The highest BCUT2D eigenvalue weighted by Crippen LogP contribution is 2.39. The first-order chi connectivity index (χ1) is 17.0. The molecule has 10 nitrogen and oxygen atoms in total. The summed E-state index contributed by atoms with van der Waals surface area (Å²) in [5.41, 5.74) is 2.33. The lowest BCUT2D eigenvalue weighted by atomic mass is 10.0. The van der Waals surface area contributed by atoms with Crippen molar-refractivity contribution < 1.29 is 28.8 Å². The van der Waals surface area contributed by atoms with Gasteiger partial charge in [0.25, 0.3) is 5.91 Å². The van der Waals surface area contributed by atoms with E-state index in [0.29, 0.717) is 43.4 Å². The van der Waals surface area contributed by atoms with E-state index in [1.807, 2.05) is 45.0 Å². The van der Waals surface area contributed by atoms with Crippen molar-refractivity contribution >= 4 is 30.5 Å². The van der Waals surface area contributed by atoms with Gasteiger partial charge in [-0.15, -0.1) is 0 Å². The van der Waals surface area contributed by atoms with Crippen LogP contribution < -0.4 is 4.90 Å². The Hall–Kier alpha value is -3.04. The number of aryl methyl sites for hydroxylation is 1. The average molecular weight is 515 g/mol. The second-order valence-corrected chi connectivity index (χ2v) is 10.6. The number of amides is 1. The molecule has 1 amide bonds. The summed E-state index contributed by atoms with van der Waals surface area (Å²) in [5.74, 6) is 0.801. The quantitative estimate of drug-likeness (QED) is 0.405. The number of carbonyl (C=O) groups excluding carboxylic acids is 1. The number of benzene rings is 2. The van der Waals surface area contributed by atoms with Gasteiger partial charge in [-0.1, -0.05) is 32.0 Å². The van der Waals surface area contributed by atoms with Crippen LogP contribution in [0.4, 0.5) is 5.82 Å². The van der Waals surface area contributed by atoms with E-state index in [0.717, 1.165) is 16.5 Å². The molecule has 1 atom stereocenters. The van der Waals surface area contributed by atoms with Gasteiger partial charge in [0.05, 0.1) is 11.1 Å². The maximum absolute atomic E-state index is 13.1. The van der Waals surface area contributed by atoms with Crippen LogP contribution in [0.2, 0.25) is 0 Å². The van der Waals surface area contributed by atoms with Crippen LogP contribution in [0.15, 0.2) is 42.5 Å². The number of phenolic OH excluding ortho intramolecular Hbond substituents is 1. The van der Waals surface area contributed by atoms with E-state index in [1.54, 1.807) is 23.1 Å². The third kappa shape index (κ3) is 6.02. The molecule has 0 aliphatic carbocycles. The van der Waals surface area contributed by atoms with Crippen LogP contribution >= 0.6 is 7.82 Å². The fourth-order valence-corrected chi connectivity index (χ4v) is 4.88. The molecule has 4 rings (SSSR count). The summed E-state index contributed by atoms with van der Waals surface area (Å²) >= 11 is 0. The molecule has 3 N–H and O–H groups in total. The SMILES string of the molecule is Cc1ccc2c(N3CCN(C(=O)[C@H](CC(C)C)OP(=O)(O)O)CC3)nc(-c3ccccc3O)nc2c1. The highest BCUT2D eigenvalue weighted by atomic mass is 31.2. The minimum atomic E-state index is -4.81. The van der Waals surface area contributed by atoms with E-state index in [4.69, 9.17) is 14.5 Å². The van der Waals surface area contributed by atoms with Crippen LogP contribution in [0.5, 0.6) is 5.75 Å². The summed E-state index contributed by atoms with van der Waals surface area (Å²) in [6.07, 6.45) is -0.989. The number of phenols is 1. The summed E-state index contributed by atoms with van der Waals surface area (Å²) in [4.78, 5) is 44.8. The molecule has 36 heavy (non-hydrogen) atoms. The third-order valence-electron chi connectivity index (χ3n) is 6.09. The Kier molecular flexibility index (Phi) is 7.61. The number of phosphoric acid groups is 1. The summed E-state index contributed by atoms with van der Waals surface area (Å²) in [6, 6.07) is 12.8. The van der Waals surface area contributed by atoms with E-state index in [9.17, 15) is 24.3 Å². The molecule has 0 saturated carbocycles. The van der Waals surface area contributed by atoms with Gasteiger partial charge in [-0.25, -0.2) is 14.5 Å². The molecule has 2 heterocycles. The molecule has 11 heteroatoms. The maximum Gasteiger partial charge on any atom is 0.470 e. The lowest BCUT2D eigenvalue weighted by molar-refractivity contribution is -0.140. The molecule has 1 fully saturated rings. The molecular weight excluding hydrogens is 483 g/mol. The van der Waals surface area contributed by atoms with E-state index in [-0.39, 0.29) is 18.1 Å². The van der Waals surface area contributed by atoms with Crippen molar-refractivity contribution in [2.24, 2.45) is 5.92 Å². The van der Waals surface area contributed by atoms with Crippen LogP contribution in [0, 0.1) is 12.8 Å². The zero-order valence-corrected chi connectivity index (χ0v) is 21.4. The van der Waals surface area contributed by atoms with Gasteiger partial charge in [0, 0.05) is 31.6 Å². The minimum absolute atomic E-state index is 0.0236. The molecule has 1 aliphatic heterocycles. The molecule has 1 aliphatic rings. The molecule has 0 radical (unpaired) electrons. The van der Waals surface area contributed by atoms with Gasteiger partial charge in [0.2, 0.25) is 0 Å². The van der Waals surface area contributed by atoms with Crippen LogP contribution in [0.1, 0.15) is 25.8 Å². The number of piperazine rings is 1. The number of anilines is 1. The van der Waals surface area contributed by atoms with Gasteiger partial charge in [-0.2, -0.15) is 0 Å². The van der Waals surface area contributed by atoms with Crippen molar-refractivity contribution in [2.75, 3.05) is 31.1 Å². The second kappa shape index (κ2) is 10.5. The van der Waals surface area contributed by atoms with E-state index in [2.05, 4.69) is 4.90 Å². The van der Waals surface area contributed by atoms with Gasteiger partial charge in [0.1, 0.15) is 17.7 Å². The molecule has 3 aromatic rings. The Bertz CT molecular complexity index is 1300. The molecule has 0 unspecified atom stereocenters. The minimum Gasteiger partial charge on any atom is -0.507 e. The number of hydrogen-bond acceptors (Lipinski definition) is 7. The molecular formula is C25H31N4O6P. The molecule has 0 spiro atoms. The Morgan fingerprint density at radius 3 is 2.42 bits per heavy atom. The van der Waals surface area contributed by atoms with Gasteiger partial charge in [-0.3, -0.25) is 9.32 Å². The van der Waals surface area contributed by atoms with Crippen LogP contribution in [-0.2, 0) is 13.9 Å². The van der Waals surface area contributed by atoms with Crippen LogP contribution in [0.25, 0.3) is 22.3 Å².